The van der Waals surface area contributed by atoms with Crippen LogP contribution >= 0.6 is 0 Å². The van der Waals surface area contributed by atoms with Gasteiger partial charge in [0.25, 0.3) is 11.8 Å². The third kappa shape index (κ3) is 3.84. The van der Waals surface area contributed by atoms with E-state index < -0.39 is 0 Å². The fourth-order valence-corrected chi connectivity index (χ4v) is 3.78. The molecule has 0 aliphatic carbocycles. The molecule has 1 amide bonds. The van der Waals surface area contributed by atoms with Crippen molar-refractivity contribution >= 4 is 5.91 Å². The number of rotatable bonds is 5. The normalized spacial score (nSPS) is 13.3. The predicted molar refractivity (Wildman–Crippen MR) is 114 cm³/mol. The summed E-state index contributed by atoms with van der Waals surface area (Å²) in [7, 11) is 0. The molecule has 0 saturated heterocycles. The maximum atomic E-state index is 13.0. The average Bonchev–Trinajstić information content (AvgIpc) is 3.49. The molecule has 3 aromatic heterocycles. The van der Waals surface area contributed by atoms with Crippen molar-refractivity contribution in [3.63, 3.8) is 0 Å². The van der Waals surface area contributed by atoms with Crippen LogP contribution in [-0.4, -0.2) is 42.0 Å². The minimum atomic E-state index is -0.0782. The van der Waals surface area contributed by atoms with Crippen LogP contribution in [0.15, 0.2) is 59.6 Å². The number of hydrogen-bond donors (Lipinski definition) is 0. The van der Waals surface area contributed by atoms with E-state index in [1.54, 1.807) is 23.3 Å². The summed E-state index contributed by atoms with van der Waals surface area (Å²) in [5.74, 6) is 1.69. The number of nitrogens with zero attached hydrogens (tertiary/aromatic N) is 6. The van der Waals surface area contributed by atoms with E-state index in [4.69, 9.17) is 4.52 Å². The Bertz CT molecular complexity index is 1230. The second-order valence-electron chi connectivity index (χ2n) is 7.58. The van der Waals surface area contributed by atoms with Crippen LogP contribution < -0.4 is 0 Å². The summed E-state index contributed by atoms with van der Waals surface area (Å²) in [5.41, 5.74) is 3.67. The summed E-state index contributed by atoms with van der Waals surface area (Å²) >= 11 is 0. The van der Waals surface area contributed by atoms with Gasteiger partial charge < -0.3 is 9.42 Å². The molecule has 1 aromatic carbocycles. The van der Waals surface area contributed by atoms with E-state index in [9.17, 15) is 4.79 Å². The summed E-state index contributed by atoms with van der Waals surface area (Å²) < 4.78 is 7.11. The number of imidazole rings is 1. The van der Waals surface area contributed by atoms with E-state index in [0.29, 0.717) is 36.3 Å². The van der Waals surface area contributed by atoms with Crippen molar-refractivity contribution in [2.75, 3.05) is 6.54 Å². The highest BCUT2D eigenvalue weighted by Crippen LogP contribution is 2.22. The second-order valence-corrected chi connectivity index (χ2v) is 7.58. The Kier molecular flexibility index (Phi) is 5.03. The lowest BCUT2D eigenvalue weighted by Gasteiger charge is -2.28. The Morgan fingerprint density at radius 2 is 2.03 bits per heavy atom. The zero-order valence-electron chi connectivity index (χ0n) is 17.2. The molecule has 0 spiro atoms. The number of fused-ring (bicyclic) bond motifs is 1. The lowest BCUT2D eigenvalue weighted by Crippen LogP contribution is -2.36. The van der Waals surface area contributed by atoms with Gasteiger partial charge in [0, 0.05) is 37.5 Å². The summed E-state index contributed by atoms with van der Waals surface area (Å²) in [6, 6.07) is 11.9. The van der Waals surface area contributed by atoms with Crippen molar-refractivity contribution < 1.29 is 9.32 Å². The monoisotopic (exact) mass is 414 g/mol. The number of benzene rings is 1. The molecule has 8 nitrogen and oxygen atoms in total. The van der Waals surface area contributed by atoms with Gasteiger partial charge in [-0.05, 0) is 36.1 Å². The number of carbonyl (C=O) groups excluding carboxylic acids is 1. The molecule has 31 heavy (non-hydrogen) atoms. The highest BCUT2D eigenvalue weighted by molar-refractivity contribution is 5.92. The van der Waals surface area contributed by atoms with Crippen molar-refractivity contribution in [1.82, 2.24) is 29.6 Å². The quantitative estimate of drug-likeness (QED) is 0.497. The van der Waals surface area contributed by atoms with Crippen LogP contribution in [0.1, 0.15) is 40.8 Å². The largest absolute Gasteiger partial charge is 0.334 e. The third-order valence-corrected chi connectivity index (χ3v) is 5.42. The molecule has 156 valence electrons. The molecule has 5 rings (SSSR count). The van der Waals surface area contributed by atoms with Crippen molar-refractivity contribution in [1.29, 1.82) is 0 Å². The van der Waals surface area contributed by atoms with Crippen LogP contribution in [0.3, 0.4) is 0 Å². The maximum Gasteiger partial charge on any atom is 0.274 e. The summed E-state index contributed by atoms with van der Waals surface area (Å²) in [4.78, 5) is 28.0. The van der Waals surface area contributed by atoms with E-state index in [1.165, 1.54) is 11.1 Å². The Hall–Kier alpha value is -3.81. The molecule has 0 N–H and O–H groups in total. The van der Waals surface area contributed by atoms with E-state index in [2.05, 4.69) is 39.2 Å². The minimum absolute atomic E-state index is 0.0782. The molecule has 0 unspecified atom stereocenters. The molecular weight excluding hydrogens is 392 g/mol. The van der Waals surface area contributed by atoms with Gasteiger partial charge in [-0.15, -0.1) is 0 Å². The van der Waals surface area contributed by atoms with Gasteiger partial charge in [-0.2, -0.15) is 4.98 Å². The second kappa shape index (κ2) is 8.14. The van der Waals surface area contributed by atoms with Gasteiger partial charge in [-0.3, -0.25) is 9.36 Å². The lowest BCUT2D eigenvalue weighted by molar-refractivity contribution is 0.0729. The van der Waals surface area contributed by atoms with Gasteiger partial charge in [0.05, 0.1) is 0 Å². The fourth-order valence-electron chi connectivity index (χ4n) is 3.78. The van der Waals surface area contributed by atoms with Crippen LogP contribution in [0.5, 0.6) is 0 Å². The number of aryl methyl sites for hydroxylation is 1. The van der Waals surface area contributed by atoms with Crippen molar-refractivity contribution in [2.24, 2.45) is 0 Å². The third-order valence-electron chi connectivity index (χ3n) is 5.42. The Labute approximate surface area is 179 Å². The van der Waals surface area contributed by atoms with Crippen molar-refractivity contribution in [2.45, 2.75) is 32.7 Å². The topological polar surface area (TPSA) is 89.9 Å². The number of pyridine rings is 1. The molecule has 0 bridgehead atoms. The Morgan fingerprint density at radius 3 is 2.90 bits per heavy atom. The molecule has 1 aliphatic rings. The first-order valence-electron chi connectivity index (χ1n) is 10.4. The number of carbonyl (C=O) groups is 1. The van der Waals surface area contributed by atoms with E-state index in [0.717, 1.165) is 24.8 Å². The first-order valence-corrected chi connectivity index (χ1v) is 10.4. The number of amides is 1. The first kappa shape index (κ1) is 19.2. The van der Waals surface area contributed by atoms with Crippen LogP contribution in [0.2, 0.25) is 0 Å². The molecule has 0 saturated carbocycles. The zero-order chi connectivity index (χ0) is 21.2. The summed E-state index contributed by atoms with van der Waals surface area (Å²) in [5, 5.41) is 4.00. The Morgan fingerprint density at radius 1 is 1.16 bits per heavy atom. The van der Waals surface area contributed by atoms with Gasteiger partial charge in [0.15, 0.2) is 5.82 Å². The summed E-state index contributed by atoms with van der Waals surface area (Å²) in [6.07, 6.45) is 7.58. The van der Waals surface area contributed by atoms with E-state index in [-0.39, 0.29) is 5.91 Å². The van der Waals surface area contributed by atoms with Crippen LogP contribution in [-0.2, 0) is 19.4 Å². The molecule has 0 atom stereocenters. The average molecular weight is 414 g/mol. The minimum Gasteiger partial charge on any atom is -0.334 e. The van der Waals surface area contributed by atoms with E-state index in [1.807, 2.05) is 29.2 Å². The molecule has 0 fully saturated rings. The summed E-state index contributed by atoms with van der Waals surface area (Å²) in [6.45, 7) is 3.36. The smallest absolute Gasteiger partial charge is 0.274 e. The molecular formula is C23H22N6O2. The van der Waals surface area contributed by atoms with Gasteiger partial charge >= 0.3 is 0 Å². The SMILES string of the molecule is CCCc1noc(-c2ccnc(-n3cnc(C(=O)N4CCc5ccccc5C4)c3)c2)n1. The van der Waals surface area contributed by atoms with Gasteiger partial charge in [-0.25, -0.2) is 9.97 Å². The molecule has 1 aliphatic heterocycles. The lowest BCUT2D eigenvalue weighted by atomic mass is 10.00. The number of aromatic nitrogens is 5. The number of hydrogen-bond acceptors (Lipinski definition) is 6. The van der Waals surface area contributed by atoms with Crippen molar-refractivity contribution in [3.05, 3.63) is 77.8 Å². The van der Waals surface area contributed by atoms with E-state index >= 15 is 0 Å². The predicted octanol–water partition coefficient (Wildman–Crippen LogP) is 3.47. The van der Waals surface area contributed by atoms with Crippen LogP contribution in [0, 0.1) is 0 Å². The molecule has 0 radical (unpaired) electrons. The Balaban J connectivity index is 1.35. The first-order chi connectivity index (χ1) is 15.2. The fraction of sp³-hybridized carbons (Fsp3) is 0.261. The van der Waals surface area contributed by atoms with Gasteiger partial charge in [0.2, 0.25) is 0 Å². The highest BCUT2D eigenvalue weighted by Gasteiger charge is 2.23. The molecule has 4 heterocycles. The molecule has 4 aromatic rings. The highest BCUT2D eigenvalue weighted by atomic mass is 16.5. The maximum absolute atomic E-state index is 13.0. The van der Waals surface area contributed by atoms with Crippen molar-refractivity contribution in [3.8, 4) is 17.3 Å². The van der Waals surface area contributed by atoms with Crippen LogP contribution in [0.25, 0.3) is 17.3 Å². The standard InChI is InChI=1S/C23H22N6O2/c1-2-5-20-26-22(31-27-20)17-8-10-24-21(12-17)29-14-19(25-15-29)23(30)28-11-9-16-6-3-4-7-18(16)13-28/h3-4,6-8,10,12,14-15H,2,5,9,11,13H2,1H3. The van der Waals surface area contributed by atoms with Gasteiger partial charge in [0.1, 0.15) is 17.8 Å². The van der Waals surface area contributed by atoms with Gasteiger partial charge in [-0.1, -0.05) is 36.3 Å². The zero-order valence-corrected chi connectivity index (χ0v) is 17.2. The molecule has 8 heteroatoms. The van der Waals surface area contributed by atoms with Crippen LogP contribution in [0.4, 0.5) is 0 Å².